The number of fused-ring (bicyclic) bond motifs is 1. The zero-order chi connectivity index (χ0) is 19.5. The second-order valence-electron chi connectivity index (χ2n) is 8.39. The van der Waals surface area contributed by atoms with Crippen molar-refractivity contribution in [2.45, 2.75) is 44.7 Å². The number of aromatic carboxylic acids is 1. The first-order valence-corrected chi connectivity index (χ1v) is 9.32. The van der Waals surface area contributed by atoms with Crippen LogP contribution in [0.1, 0.15) is 49.5 Å². The average Bonchev–Trinajstić information content (AvgIpc) is 3.29. The fraction of sp³-hybridized carbons (Fsp3) is 0.500. The third kappa shape index (κ3) is 3.49. The highest BCUT2D eigenvalue weighted by molar-refractivity contribution is 5.93. The van der Waals surface area contributed by atoms with Gasteiger partial charge in [0.15, 0.2) is 0 Å². The Morgan fingerprint density at radius 2 is 1.96 bits per heavy atom. The molecule has 0 unspecified atom stereocenters. The Kier molecular flexibility index (Phi) is 5.18. The minimum Gasteiger partial charge on any atom is -0.477 e. The number of hydrogen-bond acceptors (Lipinski definition) is 4. The Labute approximate surface area is 168 Å². The normalized spacial score (nSPS) is 19.7. The van der Waals surface area contributed by atoms with Crippen molar-refractivity contribution in [1.82, 2.24) is 4.57 Å². The molecule has 2 aromatic rings. The molecule has 4 rings (SSSR count). The lowest BCUT2D eigenvalue weighted by molar-refractivity contribution is 0.0695. The number of carboxylic acids is 1. The Morgan fingerprint density at radius 3 is 2.50 bits per heavy atom. The van der Waals surface area contributed by atoms with E-state index >= 15 is 0 Å². The number of rotatable bonds is 4. The number of aromatic nitrogens is 1. The smallest absolute Gasteiger partial charge is 0.341 e. The van der Waals surface area contributed by atoms with Gasteiger partial charge in [-0.05, 0) is 51.2 Å². The molecule has 1 saturated carbocycles. The summed E-state index contributed by atoms with van der Waals surface area (Å²) in [6.07, 6.45) is 4.14. The molecule has 1 aromatic carbocycles. The summed E-state index contributed by atoms with van der Waals surface area (Å²) in [6.45, 7) is 5.33. The number of anilines is 1. The SMILES string of the molecule is CC(C)(N)[C@H]1CCN(c2cc3c(cc2F)c(=O)c(C(=O)O)cn3C2CC2)C1.Cl. The minimum atomic E-state index is -1.28. The van der Waals surface area contributed by atoms with Gasteiger partial charge in [0.2, 0.25) is 5.43 Å². The summed E-state index contributed by atoms with van der Waals surface area (Å²) >= 11 is 0. The second-order valence-corrected chi connectivity index (χ2v) is 8.39. The number of nitrogens with zero attached hydrogens (tertiary/aromatic N) is 2. The maximum absolute atomic E-state index is 14.9. The molecule has 3 N–H and O–H groups in total. The average molecular weight is 410 g/mol. The lowest BCUT2D eigenvalue weighted by Gasteiger charge is -2.27. The molecular weight excluding hydrogens is 385 g/mol. The standard InChI is InChI=1S/C20H24FN3O3.ClH/c1-20(2,22)11-5-6-23(9-11)17-8-16-13(7-15(17)21)18(25)14(19(26)27)10-24(16)12-3-4-12;/h7-8,10-12H,3-6,9,22H2,1-2H3,(H,26,27);1H/t11-;/m0./s1. The van der Waals surface area contributed by atoms with E-state index in [9.17, 15) is 19.1 Å². The molecule has 1 atom stereocenters. The van der Waals surface area contributed by atoms with Crippen LogP contribution in [0.5, 0.6) is 0 Å². The number of carboxylic acid groups (broad SMARTS) is 1. The molecule has 152 valence electrons. The van der Waals surface area contributed by atoms with Crippen molar-refractivity contribution in [3.8, 4) is 0 Å². The summed E-state index contributed by atoms with van der Waals surface area (Å²) in [5, 5.41) is 9.45. The van der Waals surface area contributed by atoms with Gasteiger partial charge in [-0.1, -0.05) is 0 Å². The second kappa shape index (κ2) is 7.04. The van der Waals surface area contributed by atoms with Crippen LogP contribution in [0, 0.1) is 11.7 Å². The highest BCUT2D eigenvalue weighted by Gasteiger charge is 2.34. The molecule has 0 spiro atoms. The van der Waals surface area contributed by atoms with E-state index in [1.807, 2.05) is 23.3 Å². The van der Waals surface area contributed by atoms with Crippen LogP contribution in [-0.2, 0) is 0 Å². The first-order chi connectivity index (χ1) is 12.7. The Hall–Kier alpha value is -2.12. The zero-order valence-electron chi connectivity index (χ0n) is 15.9. The summed E-state index contributed by atoms with van der Waals surface area (Å²) in [7, 11) is 0. The van der Waals surface area contributed by atoms with Crippen molar-refractivity contribution in [2.75, 3.05) is 18.0 Å². The van der Waals surface area contributed by atoms with E-state index in [2.05, 4.69) is 0 Å². The van der Waals surface area contributed by atoms with E-state index in [4.69, 9.17) is 5.73 Å². The van der Waals surface area contributed by atoms with Crippen molar-refractivity contribution < 1.29 is 14.3 Å². The Balaban J connectivity index is 0.00000225. The largest absolute Gasteiger partial charge is 0.477 e. The van der Waals surface area contributed by atoms with Crippen LogP contribution in [-0.4, -0.2) is 34.3 Å². The van der Waals surface area contributed by atoms with Crippen molar-refractivity contribution >= 4 is 35.0 Å². The number of halogens is 2. The maximum atomic E-state index is 14.9. The van der Waals surface area contributed by atoms with E-state index in [-0.39, 0.29) is 40.9 Å². The van der Waals surface area contributed by atoms with E-state index in [0.29, 0.717) is 24.3 Å². The predicted molar refractivity (Wildman–Crippen MR) is 109 cm³/mol. The van der Waals surface area contributed by atoms with Crippen LogP contribution < -0.4 is 16.1 Å². The fourth-order valence-electron chi connectivity index (χ4n) is 3.99. The van der Waals surface area contributed by atoms with Crippen molar-refractivity contribution in [2.24, 2.45) is 11.7 Å². The highest BCUT2D eigenvalue weighted by Crippen LogP contribution is 2.39. The van der Waals surface area contributed by atoms with Gasteiger partial charge < -0.3 is 20.3 Å². The Morgan fingerprint density at radius 1 is 1.29 bits per heavy atom. The van der Waals surface area contributed by atoms with Crippen molar-refractivity contribution in [1.29, 1.82) is 0 Å². The minimum absolute atomic E-state index is 0. The molecule has 0 amide bonds. The molecule has 0 bridgehead atoms. The van der Waals surface area contributed by atoms with E-state index in [0.717, 1.165) is 19.3 Å². The Bertz CT molecular complexity index is 995. The highest BCUT2D eigenvalue weighted by atomic mass is 35.5. The van der Waals surface area contributed by atoms with Gasteiger partial charge in [-0.3, -0.25) is 4.79 Å². The number of hydrogen-bond donors (Lipinski definition) is 2. The van der Waals surface area contributed by atoms with Gasteiger partial charge in [0.05, 0.1) is 11.2 Å². The van der Waals surface area contributed by atoms with Gasteiger partial charge in [0.1, 0.15) is 11.4 Å². The van der Waals surface area contributed by atoms with Gasteiger partial charge >= 0.3 is 5.97 Å². The number of benzene rings is 1. The van der Waals surface area contributed by atoms with E-state index < -0.39 is 17.2 Å². The lowest BCUT2D eigenvalue weighted by atomic mass is 9.88. The van der Waals surface area contributed by atoms with Crippen LogP contribution >= 0.6 is 12.4 Å². The van der Waals surface area contributed by atoms with Crippen LogP contribution in [0.4, 0.5) is 10.1 Å². The predicted octanol–water partition coefficient (Wildman–Crippen LogP) is 3.16. The molecule has 1 aliphatic heterocycles. The van der Waals surface area contributed by atoms with E-state index in [1.165, 1.54) is 12.3 Å². The van der Waals surface area contributed by atoms with Gasteiger partial charge in [0.25, 0.3) is 0 Å². The maximum Gasteiger partial charge on any atom is 0.341 e. The molecule has 1 aromatic heterocycles. The van der Waals surface area contributed by atoms with Crippen LogP contribution in [0.25, 0.3) is 10.9 Å². The number of carbonyl (C=O) groups is 1. The summed E-state index contributed by atoms with van der Waals surface area (Å²) in [5.74, 6) is -1.53. The summed E-state index contributed by atoms with van der Waals surface area (Å²) in [4.78, 5) is 25.9. The molecule has 0 radical (unpaired) electrons. The van der Waals surface area contributed by atoms with E-state index in [1.54, 1.807) is 6.07 Å². The summed E-state index contributed by atoms with van der Waals surface area (Å²) in [6, 6.07) is 3.06. The fourth-order valence-corrected chi connectivity index (χ4v) is 3.99. The van der Waals surface area contributed by atoms with Crippen molar-refractivity contribution in [3.05, 3.63) is 39.9 Å². The topological polar surface area (TPSA) is 88.6 Å². The molecule has 8 heteroatoms. The number of nitrogens with two attached hydrogens (primary N) is 1. The molecule has 6 nitrogen and oxygen atoms in total. The van der Waals surface area contributed by atoms with Crippen LogP contribution in [0.2, 0.25) is 0 Å². The lowest BCUT2D eigenvalue weighted by Crippen LogP contribution is -2.42. The first-order valence-electron chi connectivity index (χ1n) is 9.32. The summed E-state index contributed by atoms with van der Waals surface area (Å²) < 4.78 is 16.7. The molecule has 2 aliphatic rings. The first kappa shape index (κ1) is 20.6. The van der Waals surface area contributed by atoms with Crippen LogP contribution in [0.15, 0.2) is 23.1 Å². The molecule has 2 fully saturated rings. The monoisotopic (exact) mass is 409 g/mol. The van der Waals surface area contributed by atoms with Gasteiger partial charge in [-0.15, -0.1) is 12.4 Å². The van der Waals surface area contributed by atoms with Gasteiger partial charge in [0, 0.05) is 36.3 Å². The van der Waals surface area contributed by atoms with Crippen molar-refractivity contribution in [3.63, 3.8) is 0 Å². The molecule has 1 aliphatic carbocycles. The third-order valence-electron chi connectivity index (χ3n) is 5.85. The van der Waals surface area contributed by atoms with Crippen LogP contribution in [0.3, 0.4) is 0 Å². The molecule has 1 saturated heterocycles. The molecule has 2 heterocycles. The molecular formula is C20H25ClFN3O3. The summed E-state index contributed by atoms with van der Waals surface area (Å²) in [5.41, 5.74) is 5.98. The molecule has 28 heavy (non-hydrogen) atoms. The third-order valence-corrected chi connectivity index (χ3v) is 5.85. The quantitative estimate of drug-likeness (QED) is 0.809. The van der Waals surface area contributed by atoms with Gasteiger partial charge in [-0.2, -0.15) is 0 Å². The number of pyridine rings is 1. The zero-order valence-corrected chi connectivity index (χ0v) is 16.8. The van der Waals surface area contributed by atoms with Gasteiger partial charge in [-0.25, -0.2) is 9.18 Å².